The van der Waals surface area contributed by atoms with Crippen molar-refractivity contribution in [2.24, 2.45) is 5.73 Å². The summed E-state index contributed by atoms with van der Waals surface area (Å²) in [7, 11) is 0. The molecule has 0 aromatic heterocycles. The molecule has 0 rings (SSSR count). The lowest BCUT2D eigenvalue weighted by atomic mass is 10.2. The Kier molecular flexibility index (Phi) is 6.64. The highest BCUT2D eigenvalue weighted by Gasteiger charge is 2.05. The number of aliphatic carboxylic acids is 1. The number of nitrogens with two attached hydrogens (primary N) is 1. The van der Waals surface area contributed by atoms with E-state index in [9.17, 15) is 4.79 Å². The minimum Gasteiger partial charge on any atom is -0.481 e. The molecule has 0 spiro atoms. The average Bonchev–Trinajstić information content (AvgIpc) is 2.01. The van der Waals surface area contributed by atoms with Gasteiger partial charge in [-0.2, -0.15) is 0 Å². The van der Waals surface area contributed by atoms with E-state index in [1.807, 2.05) is 0 Å². The van der Waals surface area contributed by atoms with Crippen molar-refractivity contribution in [2.45, 2.75) is 18.9 Å². The summed E-state index contributed by atoms with van der Waals surface area (Å²) in [5, 5.41) is 20.3. The molecule has 0 saturated carbocycles. The van der Waals surface area contributed by atoms with E-state index in [4.69, 9.17) is 15.9 Å². The number of carboxylic acid groups (broad SMARTS) is 1. The summed E-state index contributed by atoms with van der Waals surface area (Å²) in [5.41, 5.74) is 5.20. The fourth-order valence-electron chi connectivity index (χ4n) is 0.763. The van der Waals surface area contributed by atoms with Crippen molar-refractivity contribution in [3.05, 3.63) is 0 Å². The zero-order chi connectivity index (χ0) is 9.40. The van der Waals surface area contributed by atoms with Crippen LogP contribution < -0.4 is 11.1 Å². The van der Waals surface area contributed by atoms with E-state index < -0.39 is 12.1 Å². The first kappa shape index (κ1) is 11.4. The fraction of sp³-hybridized carbons (Fsp3) is 0.857. The van der Waals surface area contributed by atoms with E-state index in [-0.39, 0.29) is 12.8 Å². The van der Waals surface area contributed by atoms with E-state index in [0.29, 0.717) is 19.6 Å². The second-order valence-corrected chi connectivity index (χ2v) is 2.58. The van der Waals surface area contributed by atoms with Crippen molar-refractivity contribution in [3.8, 4) is 0 Å². The van der Waals surface area contributed by atoms with Crippen LogP contribution in [0.5, 0.6) is 0 Å². The average molecular weight is 176 g/mol. The molecule has 0 radical (unpaired) electrons. The molecule has 0 aromatic rings. The van der Waals surface area contributed by atoms with Crippen LogP contribution in [-0.4, -0.2) is 41.9 Å². The van der Waals surface area contributed by atoms with Crippen molar-refractivity contribution in [3.63, 3.8) is 0 Å². The van der Waals surface area contributed by atoms with E-state index in [0.717, 1.165) is 0 Å². The summed E-state index contributed by atoms with van der Waals surface area (Å²) >= 11 is 0. The van der Waals surface area contributed by atoms with Gasteiger partial charge in [0.05, 0.1) is 6.10 Å². The van der Waals surface area contributed by atoms with Crippen molar-refractivity contribution < 1.29 is 15.0 Å². The molecule has 0 aliphatic rings. The molecule has 0 fully saturated rings. The molecule has 5 heteroatoms. The van der Waals surface area contributed by atoms with Crippen LogP contribution in [0, 0.1) is 0 Å². The highest BCUT2D eigenvalue weighted by atomic mass is 16.4. The Bertz CT molecular complexity index is 130. The van der Waals surface area contributed by atoms with Crippen LogP contribution in [0.2, 0.25) is 0 Å². The van der Waals surface area contributed by atoms with Gasteiger partial charge in [0.1, 0.15) is 0 Å². The minimum absolute atomic E-state index is 0.00543. The van der Waals surface area contributed by atoms with Crippen molar-refractivity contribution >= 4 is 5.97 Å². The summed E-state index contributed by atoms with van der Waals surface area (Å²) in [5.74, 6) is -0.882. The molecule has 72 valence electrons. The molecule has 5 nitrogen and oxygen atoms in total. The monoisotopic (exact) mass is 176 g/mol. The first-order valence-corrected chi connectivity index (χ1v) is 3.97. The molecular formula is C7H16N2O3. The van der Waals surface area contributed by atoms with Gasteiger partial charge in [0.2, 0.25) is 0 Å². The van der Waals surface area contributed by atoms with Gasteiger partial charge in [-0.3, -0.25) is 4.79 Å². The van der Waals surface area contributed by atoms with Crippen molar-refractivity contribution in [1.29, 1.82) is 0 Å². The smallest absolute Gasteiger partial charge is 0.303 e. The molecule has 0 aliphatic heterocycles. The Morgan fingerprint density at radius 3 is 2.75 bits per heavy atom. The Morgan fingerprint density at radius 1 is 1.58 bits per heavy atom. The first-order chi connectivity index (χ1) is 5.66. The summed E-state index contributed by atoms with van der Waals surface area (Å²) in [4.78, 5) is 10.1. The highest BCUT2D eigenvalue weighted by molar-refractivity contribution is 5.66. The van der Waals surface area contributed by atoms with Crippen LogP contribution in [0.25, 0.3) is 0 Å². The third-order valence-corrected chi connectivity index (χ3v) is 1.39. The molecule has 5 N–H and O–H groups in total. The highest BCUT2D eigenvalue weighted by Crippen LogP contribution is 1.94. The predicted octanol–water partition coefficient (Wildman–Crippen LogP) is -1.24. The van der Waals surface area contributed by atoms with Gasteiger partial charge in [-0.1, -0.05) is 0 Å². The molecule has 1 unspecified atom stereocenters. The van der Waals surface area contributed by atoms with E-state index in [1.165, 1.54) is 0 Å². The zero-order valence-corrected chi connectivity index (χ0v) is 6.99. The number of carbonyl (C=O) groups is 1. The Morgan fingerprint density at radius 2 is 2.25 bits per heavy atom. The SMILES string of the molecule is NCCNCC(O)CCC(=O)O. The van der Waals surface area contributed by atoms with Gasteiger partial charge in [-0.05, 0) is 6.42 Å². The minimum atomic E-state index is -0.882. The molecule has 0 aromatic carbocycles. The molecule has 0 amide bonds. The van der Waals surface area contributed by atoms with Crippen LogP contribution in [0.3, 0.4) is 0 Å². The summed E-state index contributed by atoms with van der Waals surface area (Å²) < 4.78 is 0. The van der Waals surface area contributed by atoms with Gasteiger partial charge < -0.3 is 21.3 Å². The molecule has 0 heterocycles. The maximum atomic E-state index is 10.1. The number of carboxylic acids is 1. The quantitative estimate of drug-likeness (QED) is 0.364. The first-order valence-electron chi connectivity index (χ1n) is 3.97. The largest absolute Gasteiger partial charge is 0.481 e. The zero-order valence-electron chi connectivity index (χ0n) is 6.99. The van der Waals surface area contributed by atoms with Gasteiger partial charge in [0.15, 0.2) is 0 Å². The lowest BCUT2D eigenvalue weighted by Gasteiger charge is -2.09. The normalized spacial score (nSPS) is 12.8. The maximum absolute atomic E-state index is 10.1. The van der Waals surface area contributed by atoms with Gasteiger partial charge >= 0.3 is 5.97 Å². The van der Waals surface area contributed by atoms with Crippen LogP contribution in [0.4, 0.5) is 0 Å². The Hall–Kier alpha value is -0.650. The predicted molar refractivity (Wildman–Crippen MR) is 44.8 cm³/mol. The van der Waals surface area contributed by atoms with E-state index in [2.05, 4.69) is 5.32 Å². The number of hydrogen-bond donors (Lipinski definition) is 4. The molecule has 1 atom stereocenters. The Balaban J connectivity index is 3.21. The standard InChI is InChI=1S/C7H16N2O3/c8-3-4-9-5-6(10)1-2-7(11)12/h6,9-10H,1-5,8H2,(H,11,12). The summed E-state index contributed by atoms with van der Waals surface area (Å²) in [6.45, 7) is 1.57. The maximum Gasteiger partial charge on any atom is 0.303 e. The molecular weight excluding hydrogens is 160 g/mol. The second kappa shape index (κ2) is 7.02. The number of aliphatic hydroxyl groups excluding tert-OH is 1. The molecule has 0 aliphatic carbocycles. The third-order valence-electron chi connectivity index (χ3n) is 1.39. The van der Waals surface area contributed by atoms with Crippen LogP contribution in [0.1, 0.15) is 12.8 Å². The Labute approximate surface area is 71.6 Å². The number of aliphatic hydroxyl groups is 1. The van der Waals surface area contributed by atoms with Gasteiger partial charge in [0.25, 0.3) is 0 Å². The lowest BCUT2D eigenvalue weighted by molar-refractivity contribution is -0.137. The van der Waals surface area contributed by atoms with Gasteiger partial charge in [-0.25, -0.2) is 0 Å². The number of rotatable bonds is 7. The van der Waals surface area contributed by atoms with E-state index in [1.54, 1.807) is 0 Å². The third kappa shape index (κ3) is 7.46. The second-order valence-electron chi connectivity index (χ2n) is 2.58. The molecule has 0 saturated heterocycles. The molecule has 12 heavy (non-hydrogen) atoms. The van der Waals surface area contributed by atoms with Crippen molar-refractivity contribution in [2.75, 3.05) is 19.6 Å². The summed E-state index contributed by atoms with van der Waals surface area (Å²) in [6.07, 6.45) is -0.300. The number of hydrogen-bond acceptors (Lipinski definition) is 4. The van der Waals surface area contributed by atoms with Crippen molar-refractivity contribution in [1.82, 2.24) is 5.32 Å². The fourth-order valence-corrected chi connectivity index (χ4v) is 0.763. The number of nitrogens with one attached hydrogen (secondary N) is 1. The van der Waals surface area contributed by atoms with Gasteiger partial charge in [-0.15, -0.1) is 0 Å². The molecule has 0 bridgehead atoms. The lowest BCUT2D eigenvalue weighted by Crippen LogP contribution is -2.31. The van der Waals surface area contributed by atoms with Gasteiger partial charge in [0, 0.05) is 26.1 Å². The van der Waals surface area contributed by atoms with Crippen LogP contribution in [0.15, 0.2) is 0 Å². The van der Waals surface area contributed by atoms with Crippen LogP contribution >= 0.6 is 0 Å². The van der Waals surface area contributed by atoms with Crippen LogP contribution in [-0.2, 0) is 4.79 Å². The van der Waals surface area contributed by atoms with E-state index >= 15 is 0 Å². The topological polar surface area (TPSA) is 95.6 Å². The summed E-state index contributed by atoms with van der Waals surface area (Å²) in [6, 6.07) is 0.